The lowest BCUT2D eigenvalue weighted by Gasteiger charge is -2.33. The number of hydrogen-bond acceptors (Lipinski definition) is 4. The van der Waals surface area contributed by atoms with E-state index >= 15 is 0 Å². The van der Waals surface area contributed by atoms with Gasteiger partial charge in [0.15, 0.2) is 0 Å². The van der Waals surface area contributed by atoms with Gasteiger partial charge in [-0.25, -0.2) is 9.69 Å². The maximum atomic E-state index is 13.5. The van der Waals surface area contributed by atoms with Gasteiger partial charge < -0.3 is 4.74 Å². The minimum absolute atomic E-state index is 0.159. The van der Waals surface area contributed by atoms with Crippen molar-refractivity contribution in [1.82, 2.24) is 9.80 Å². The Morgan fingerprint density at radius 1 is 0.967 bits per heavy atom. The highest BCUT2D eigenvalue weighted by Gasteiger charge is 2.36. The number of amides is 2. The summed E-state index contributed by atoms with van der Waals surface area (Å²) in [6, 6.07) is 20.0. The molecule has 0 unspecified atom stereocenters. The maximum absolute atomic E-state index is 13.5. The fourth-order valence-corrected chi connectivity index (χ4v) is 3.77. The first-order chi connectivity index (χ1) is 14.3. The van der Waals surface area contributed by atoms with Gasteiger partial charge in [0.05, 0.1) is 6.04 Å². The zero-order valence-corrected chi connectivity index (χ0v) is 18.2. The first-order valence-electron chi connectivity index (χ1n) is 10.7. The van der Waals surface area contributed by atoms with E-state index in [0.717, 1.165) is 30.4 Å². The highest BCUT2D eigenvalue weighted by molar-refractivity contribution is 5.95. The van der Waals surface area contributed by atoms with Gasteiger partial charge in [0.2, 0.25) is 5.91 Å². The van der Waals surface area contributed by atoms with Crippen LogP contribution in [0.25, 0.3) is 0 Å². The van der Waals surface area contributed by atoms with E-state index in [1.807, 2.05) is 57.2 Å². The molecule has 1 aliphatic rings. The van der Waals surface area contributed by atoms with E-state index in [1.165, 1.54) is 4.90 Å². The molecule has 0 saturated carbocycles. The van der Waals surface area contributed by atoms with Crippen LogP contribution in [0.4, 0.5) is 4.79 Å². The van der Waals surface area contributed by atoms with Crippen LogP contribution in [-0.2, 0) is 22.6 Å². The number of carbonyl (C=O) groups excluding carboxylic acids is 2. The number of benzene rings is 2. The van der Waals surface area contributed by atoms with E-state index in [9.17, 15) is 9.59 Å². The molecule has 0 radical (unpaired) electrons. The quantitative estimate of drug-likeness (QED) is 0.698. The highest BCUT2D eigenvalue weighted by atomic mass is 16.6. The van der Waals surface area contributed by atoms with E-state index in [-0.39, 0.29) is 11.9 Å². The summed E-state index contributed by atoms with van der Waals surface area (Å²) in [7, 11) is 0. The van der Waals surface area contributed by atoms with Crippen molar-refractivity contribution < 1.29 is 14.3 Å². The molecule has 2 aromatic rings. The van der Waals surface area contributed by atoms with Crippen LogP contribution in [0.3, 0.4) is 0 Å². The molecule has 0 aliphatic carbocycles. The number of imide groups is 1. The summed E-state index contributed by atoms with van der Waals surface area (Å²) < 4.78 is 5.52. The summed E-state index contributed by atoms with van der Waals surface area (Å²) in [5, 5.41) is 0. The fraction of sp³-hybridized carbons (Fsp3) is 0.440. The van der Waals surface area contributed by atoms with Crippen molar-refractivity contribution in [3.63, 3.8) is 0 Å². The normalized spacial score (nSPS) is 17.7. The van der Waals surface area contributed by atoms with Gasteiger partial charge in [-0.2, -0.15) is 0 Å². The highest BCUT2D eigenvalue weighted by Crippen LogP contribution is 2.23. The van der Waals surface area contributed by atoms with Gasteiger partial charge in [-0.3, -0.25) is 9.69 Å². The van der Waals surface area contributed by atoms with Crippen LogP contribution in [0.15, 0.2) is 60.7 Å². The molecule has 5 heteroatoms. The van der Waals surface area contributed by atoms with Crippen molar-refractivity contribution in [2.24, 2.45) is 0 Å². The average Bonchev–Trinajstić information content (AvgIpc) is 2.89. The van der Waals surface area contributed by atoms with Crippen molar-refractivity contribution in [3.8, 4) is 0 Å². The van der Waals surface area contributed by atoms with Crippen LogP contribution >= 0.6 is 0 Å². The summed E-state index contributed by atoms with van der Waals surface area (Å²) in [6.45, 7) is 7.17. The topological polar surface area (TPSA) is 49.9 Å². The minimum Gasteiger partial charge on any atom is -0.443 e. The molecule has 1 saturated heterocycles. The zero-order chi connectivity index (χ0) is 21.6. The third-order valence-corrected chi connectivity index (χ3v) is 5.17. The van der Waals surface area contributed by atoms with Crippen LogP contribution in [0.2, 0.25) is 0 Å². The van der Waals surface area contributed by atoms with Crippen molar-refractivity contribution >= 4 is 12.0 Å². The number of rotatable bonds is 5. The Hall–Kier alpha value is -2.66. The summed E-state index contributed by atoms with van der Waals surface area (Å²) in [4.78, 5) is 29.7. The lowest BCUT2D eigenvalue weighted by molar-refractivity contribution is -0.136. The van der Waals surface area contributed by atoms with Gasteiger partial charge in [-0.1, -0.05) is 60.7 Å². The zero-order valence-electron chi connectivity index (χ0n) is 18.2. The fourth-order valence-electron chi connectivity index (χ4n) is 3.77. The Morgan fingerprint density at radius 2 is 1.50 bits per heavy atom. The second-order valence-corrected chi connectivity index (χ2v) is 8.86. The Balaban J connectivity index is 1.85. The van der Waals surface area contributed by atoms with Crippen LogP contribution in [0.1, 0.15) is 51.2 Å². The molecule has 1 heterocycles. The lowest BCUT2D eigenvalue weighted by atomic mass is 10.1. The molecule has 2 aromatic carbocycles. The number of hydrogen-bond donors (Lipinski definition) is 0. The van der Waals surface area contributed by atoms with E-state index in [0.29, 0.717) is 19.6 Å². The molecular weight excluding hydrogens is 376 g/mol. The molecule has 2 amide bonds. The summed E-state index contributed by atoms with van der Waals surface area (Å²) in [5.41, 5.74) is 1.66. The van der Waals surface area contributed by atoms with E-state index in [4.69, 9.17) is 4.74 Å². The molecule has 3 rings (SSSR count). The molecular formula is C25H32N2O3. The Kier molecular flexibility index (Phi) is 7.27. The molecule has 0 bridgehead atoms. The molecule has 0 spiro atoms. The SMILES string of the molecule is CC(C)(C)OC(=O)N1CCCC[C@@H](N(Cc2ccccc2)Cc2ccccc2)C1=O. The van der Waals surface area contributed by atoms with Crippen molar-refractivity contribution in [2.75, 3.05) is 6.54 Å². The minimum atomic E-state index is -0.632. The predicted molar refractivity (Wildman–Crippen MR) is 118 cm³/mol. The van der Waals surface area contributed by atoms with Crippen LogP contribution in [-0.4, -0.2) is 40.0 Å². The summed E-state index contributed by atoms with van der Waals surface area (Å²) in [6.07, 6.45) is 1.89. The van der Waals surface area contributed by atoms with Gasteiger partial charge >= 0.3 is 6.09 Å². The molecule has 30 heavy (non-hydrogen) atoms. The monoisotopic (exact) mass is 408 g/mol. The molecule has 1 fully saturated rings. The number of likely N-dealkylation sites (tertiary alicyclic amines) is 1. The van der Waals surface area contributed by atoms with Gasteiger partial charge in [-0.05, 0) is 51.2 Å². The smallest absolute Gasteiger partial charge is 0.417 e. The van der Waals surface area contributed by atoms with Gasteiger partial charge in [0, 0.05) is 19.6 Å². The summed E-state index contributed by atoms with van der Waals surface area (Å²) >= 11 is 0. The van der Waals surface area contributed by atoms with E-state index in [1.54, 1.807) is 0 Å². The molecule has 1 aliphatic heterocycles. The second-order valence-electron chi connectivity index (χ2n) is 8.86. The maximum Gasteiger partial charge on any atom is 0.417 e. The van der Waals surface area contributed by atoms with E-state index < -0.39 is 11.7 Å². The molecule has 160 valence electrons. The number of ether oxygens (including phenoxy) is 1. The molecule has 0 aromatic heterocycles. The average molecular weight is 409 g/mol. The second kappa shape index (κ2) is 9.90. The lowest BCUT2D eigenvalue weighted by Crippen LogP contribution is -2.50. The third kappa shape index (κ3) is 6.17. The van der Waals surface area contributed by atoms with Crippen LogP contribution in [0.5, 0.6) is 0 Å². The van der Waals surface area contributed by atoms with Gasteiger partial charge in [0.1, 0.15) is 5.60 Å². The van der Waals surface area contributed by atoms with Crippen LogP contribution in [0, 0.1) is 0 Å². The number of carbonyl (C=O) groups is 2. The molecule has 5 nitrogen and oxygen atoms in total. The first kappa shape index (κ1) is 22.0. The Bertz CT molecular complexity index is 789. The molecule has 0 N–H and O–H groups in total. The summed E-state index contributed by atoms with van der Waals surface area (Å²) in [5.74, 6) is -0.159. The van der Waals surface area contributed by atoms with E-state index in [2.05, 4.69) is 29.2 Å². The third-order valence-electron chi connectivity index (χ3n) is 5.17. The largest absolute Gasteiger partial charge is 0.443 e. The standard InChI is InChI=1S/C25H32N2O3/c1-25(2,3)30-24(29)27-17-11-10-16-22(23(27)28)26(18-20-12-6-4-7-13-20)19-21-14-8-5-9-15-21/h4-9,12-15,22H,10-11,16-19H2,1-3H3/t22-/m1/s1. The predicted octanol–water partition coefficient (Wildman–Crippen LogP) is 5.01. The van der Waals surface area contributed by atoms with Crippen molar-refractivity contribution in [2.45, 2.75) is 64.8 Å². The van der Waals surface area contributed by atoms with Crippen molar-refractivity contribution in [3.05, 3.63) is 71.8 Å². The first-order valence-corrected chi connectivity index (χ1v) is 10.7. The Labute approximate surface area is 179 Å². The van der Waals surface area contributed by atoms with Crippen molar-refractivity contribution in [1.29, 1.82) is 0 Å². The van der Waals surface area contributed by atoms with Gasteiger partial charge in [-0.15, -0.1) is 0 Å². The van der Waals surface area contributed by atoms with Crippen LogP contribution < -0.4 is 0 Å². The van der Waals surface area contributed by atoms with Gasteiger partial charge in [0.25, 0.3) is 0 Å². The Morgan fingerprint density at radius 3 is 2.00 bits per heavy atom. The molecule has 1 atom stereocenters. The number of nitrogens with zero attached hydrogens (tertiary/aromatic N) is 2.